The van der Waals surface area contributed by atoms with Gasteiger partial charge in [-0.05, 0) is 52.4 Å². The van der Waals surface area contributed by atoms with Crippen molar-refractivity contribution >= 4 is 15.9 Å². The lowest BCUT2D eigenvalue weighted by atomic mass is 10.0. The first-order valence-electron chi connectivity index (χ1n) is 6.93. The van der Waals surface area contributed by atoms with E-state index in [1.54, 1.807) is 0 Å². The van der Waals surface area contributed by atoms with Gasteiger partial charge in [-0.15, -0.1) is 0 Å². The first kappa shape index (κ1) is 14.9. The van der Waals surface area contributed by atoms with Crippen molar-refractivity contribution in [1.29, 1.82) is 0 Å². The number of nitrogens with zero attached hydrogens (tertiary/aromatic N) is 1. The third-order valence-corrected chi connectivity index (χ3v) is 4.15. The van der Waals surface area contributed by atoms with E-state index in [2.05, 4.69) is 34.7 Å². The zero-order valence-electron chi connectivity index (χ0n) is 11.6. The fraction of sp³-hybridized carbons (Fsp3) is 0.600. The molecule has 0 radical (unpaired) electrons. The fourth-order valence-electron chi connectivity index (χ4n) is 2.54. The third kappa shape index (κ3) is 3.77. The van der Waals surface area contributed by atoms with Crippen LogP contribution in [0.4, 0.5) is 4.39 Å². The van der Waals surface area contributed by atoms with E-state index in [9.17, 15) is 4.39 Å². The topological polar surface area (TPSA) is 29.3 Å². The Bertz CT molecular complexity index is 432. The van der Waals surface area contributed by atoms with E-state index >= 15 is 0 Å². The number of rotatable bonds is 6. The highest BCUT2D eigenvalue weighted by Gasteiger charge is 2.34. The summed E-state index contributed by atoms with van der Waals surface area (Å²) in [6.45, 7) is 6.07. The summed E-state index contributed by atoms with van der Waals surface area (Å²) in [7, 11) is 0. The minimum absolute atomic E-state index is 0.187. The summed E-state index contributed by atoms with van der Waals surface area (Å²) in [6, 6.07) is 6.07. The molecule has 1 atom stereocenters. The summed E-state index contributed by atoms with van der Waals surface area (Å²) in [5.74, 6) is 0.389. The van der Waals surface area contributed by atoms with Gasteiger partial charge in [-0.1, -0.05) is 19.9 Å². The second kappa shape index (κ2) is 6.33. The molecule has 0 bridgehead atoms. The molecule has 19 heavy (non-hydrogen) atoms. The quantitative estimate of drug-likeness (QED) is 0.862. The second-order valence-corrected chi connectivity index (χ2v) is 6.60. The molecule has 1 aliphatic carbocycles. The number of hydrogen-bond donors (Lipinski definition) is 1. The summed E-state index contributed by atoms with van der Waals surface area (Å²) < 4.78 is 13.9. The second-order valence-electron chi connectivity index (χ2n) is 5.75. The summed E-state index contributed by atoms with van der Waals surface area (Å²) in [5.41, 5.74) is 7.08. The van der Waals surface area contributed by atoms with Gasteiger partial charge in [0, 0.05) is 25.2 Å². The van der Waals surface area contributed by atoms with Crippen LogP contribution in [-0.2, 0) is 0 Å². The van der Waals surface area contributed by atoms with E-state index < -0.39 is 0 Å². The smallest absolute Gasteiger partial charge is 0.137 e. The van der Waals surface area contributed by atoms with E-state index in [4.69, 9.17) is 5.73 Å². The largest absolute Gasteiger partial charge is 0.329 e. The molecule has 0 amide bonds. The van der Waals surface area contributed by atoms with Crippen molar-refractivity contribution in [3.8, 4) is 0 Å². The molecule has 0 aliphatic heterocycles. The Labute approximate surface area is 123 Å². The van der Waals surface area contributed by atoms with Crippen LogP contribution in [-0.4, -0.2) is 24.0 Å². The molecule has 0 saturated heterocycles. The molecule has 106 valence electrons. The Morgan fingerprint density at radius 3 is 2.58 bits per heavy atom. The first-order valence-corrected chi connectivity index (χ1v) is 7.73. The van der Waals surface area contributed by atoms with Crippen molar-refractivity contribution in [2.24, 2.45) is 11.7 Å². The molecule has 1 aliphatic rings. The molecular formula is C15H22BrFN2. The molecule has 1 saturated carbocycles. The normalized spacial score (nSPS) is 17.2. The highest BCUT2D eigenvalue weighted by Crippen LogP contribution is 2.35. The number of nitrogens with two attached hydrogens (primary N) is 1. The summed E-state index contributed by atoms with van der Waals surface area (Å²) in [6.07, 6.45) is 2.51. The van der Waals surface area contributed by atoms with Gasteiger partial charge in [-0.25, -0.2) is 4.39 Å². The maximum Gasteiger partial charge on any atom is 0.137 e. The Morgan fingerprint density at radius 2 is 2.11 bits per heavy atom. The van der Waals surface area contributed by atoms with Gasteiger partial charge in [0.15, 0.2) is 0 Å². The monoisotopic (exact) mass is 328 g/mol. The highest BCUT2D eigenvalue weighted by molar-refractivity contribution is 9.10. The maximum atomic E-state index is 13.4. The van der Waals surface area contributed by atoms with Crippen LogP contribution in [0.15, 0.2) is 22.7 Å². The van der Waals surface area contributed by atoms with Crippen LogP contribution in [0.3, 0.4) is 0 Å². The molecular weight excluding hydrogens is 307 g/mol. The Balaban J connectivity index is 2.22. The van der Waals surface area contributed by atoms with E-state index in [0.29, 0.717) is 23.0 Å². The van der Waals surface area contributed by atoms with Gasteiger partial charge in [0.05, 0.1) is 4.47 Å². The molecule has 1 unspecified atom stereocenters. The Morgan fingerprint density at radius 1 is 1.42 bits per heavy atom. The van der Waals surface area contributed by atoms with E-state index in [-0.39, 0.29) is 11.9 Å². The lowest BCUT2D eigenvalue weighted by Gasteiger charge is -2.33. The minimum Gasteiger partial charge on any atom is -0.329 e. The van der Waals surface area contributed by atoms with Gasteiger partial charge in [0.2, 0.25) is 0 Å². The van der Waals surface area contributed by atoms with Gasteiger partial charge < -0.3 is 5.73 Å². The van der Waals surface area contributed by atoms with Crippen LogP contribution in [0.5, 0.6) is 0 Å². The Hall–Kier alpha value is -0.450. The minimum atomic E-state index is -0.221. The zero-order valence-corrected chi connectivity index (χ0v) is 13.2. The van der Waals surface area contributed by atoms with Gasteiger partial charge >= 0.3 is 0 Å². The van der Waals surface area contributed by atoms with Gasteiger partial charge in [-0.2, -0.15) is 0 Å². The molecule has 1 aromatic carbocycles. The summed E-state index contributed by atoms with van der Waals surface area (Å²) in [5, 5.41) is 0. The molecule has 1 fully saturated rings. The van der Waals surface area contributed by atoms with E-state index in [1.165, 1.54) is 18.9 Å². The van der Waals surface area contributed by atoms with Crippen LogP contribution in [0.1, 0.15) is 38.3 Å². The third-order valence-electron chi connectivity index (χ3n) is 3.54. The molecule has 2 nitrogen and oxygen atoms in total. The van der Waals surface area contributed by atoms with Crippen LogP contribution >= 0.6 is 15.9 Å². The van der Waals surface area contributed by atoms with Gasteiger partial charge in [0.1, 0.15) is 5.82 Å². The highest BCUT2D eigenvalue weighted by atomic mass is 79.9. The molecule has 1 aromatic rings. The molecule has 0 spiro atoms. The average molecular weight is 329 g/mol. The molecule has 2 N–H and O–H groups in total. The number of halogens is 2. The molecule has 0 aromatic heterocycles. The van der Waals surface area contributed by atoms with Crippen molar-refractivity contribution in [3.63, 3.8) is 0 Å². The van der Waals surface area contributed by atoms with Crippen LogP contribution < -0.4 is 5.73 Å². The standard InChI is InChI=1S/C15H22BrFN2/c1-10(2)9-19(12-4-5-12)15(8-18)11-3-6-14(17)13(16)7-11/h3,6-7,10,12,15H,4-5,8-9,18H2,1-2H3. The average Bonchev–Trinajstić information content (AvgIpc) is 3.17. The zero-order chi connectivity index (χ0) is 14.0. The SMILES string of the molecule is CC(C)CN(C1CC1)C(CN)c1ccc(F)c(Br)c1. The maximum absolute atomic E-state index is 13.4. The van der Waals surface area contributed by atoms with E-state index in [1.807, 2.05) is 12.1 Å². The van der Waals surface area contributed by atoms with Crippen molar-refractivity contribution < 1.29 is 4.39 Å². The predicted molar refractivity (Wildman–Crippen MR) is 80.5 cm³/mol. The molecule has 0 heterocycles. The number of hydrogen-bond acceptors (Lipinski definition) is 2. The summed E-state index contributed by atoms with van der Waals surface area (Å²) in [4.78, 5) is 2.49. The first-order chi connectivity index (χ1) is 9.02. The lowest BCUT2D eigenvalue weighted by molar-refractivity contribution is 0.169. The van der Waals surface area contributed by atoms with Crippen molar-refractivity contribution in [3.05, 3.63) is 34.1 Å². The van der Waals surface area contributed by atoms with Crippen molar-refractivity contribution in [2.45, 2.75) is 38.8 Å². The molecule has 2 rings (SSSR count). The Kier molecular flexibility index (Phi) is 4.98. The molecule has 4 heteroatoms. The van der Waals surface area contributed by atoms with Crippen molar-refractivity contribution in [1.82, 2.24) is 4.90 Å². The van der Waals surface area contributed by atoms with Crippen LogP contribution in [0, 0.1) is 11.7 Å². The predicted octanol–water partition coefficient (Wildman–Crippen LogP) is 3.71. The van der Waals surface area contributed by atoms with Gasteiger partial charge in [-0.3, -0.25) is 4.90 Å². The van der Waals surface area contributed by atoms with Crippen LogP contribution in [0.2, 0.25) is 0 Å². The number of benzene rings is 1. The van der Waals surface area contributed by atoms with Gasteiger partial charge in [0.25, 0.3) is 0 Å². The van der Waals surface area contributed by atoms with E-state index in [0.717, 1.165) is 12.1 Å². The van der Waals surface area contributed by atoms with Crippen LogP contribution in [0.25, 0.3) is 0 Å². The fourth-order valence-corrected chi connectivity index (χ4v) is 2.94. The lowest BCUT2D eigenvalue weighted by Crippen LogP contribution is -2.38. The summed E-state index contributed by atoms with van der Waals surface area (Å²) >= 11 is 3.26. The van der Waals surface area contributed by atoms with Crippen molar-refractivity contribution in [2.75, 3.05) is 13.1 Å².